The van der Waals surface area contributed by atoms with Gasteiger partial charge in [-0.3, -0.25) is 4.79 Å². The SMILES string of the molecule is O=C(Nc1cc(F)c(F)c(F)c1)c1ccc(Cl)c(S(=O)(=O)[C@H]2CC3CC(C2)[C@]3(O)C(O)CO)c1. The van der Waals surface area contributed by atoms with Gasteiger partial charge in [-0.25, -0.2) is 21.6 Å². The third-order valence-electron chi connectivity index (χ3n) is 6.86. The lowest BCUT2D eigenvalue weighted by Crippen LogP contribution is -2.68. The molecule has 5 rings (SSSR count). The second kappa shape index (κ2) is 8.80. The number of halogens is 4. The Bertz CT molecular complexity index is 1220. The molecule has 3 unspecified atom stereocenters. The molecule has 3 fully saturated rings. The van der Waals surface area contributed by atoms with Gasteiger partial charge >= 0.3 is 0 Å². The topological polar surface area (TPSA) is 124 Å². The lowest BCUT2D eigenvalue weighted by atomic mass is 9.52. The van der Waals surface area contributed by atoms with E-state index in [4.69, 9.17) is 11.6 Å². The summed E-state index contributed by atoms with van der Waals surface area (Å²) in [6.45, 7) is -0.647. The molecule has 0 heterocycles. The van der Waals surface area contributed by atoms with E-state index < -0.39 is 68.6 Å². The number of carbonyl (C=O) groups excluding carboxylic acids is 1. The van der Waals surface area contributed by atoms with Gasteiger partial charge in [0.1, 0.15) is 6.10 Å². The Balaban J connectivity index is 1.57. The average Bonchev–Trinajstić information content (AvgIpc) is 2.81. The average molecular weight is 520 g/mol. The highest BCUT2D eigenvalue weighted by atomic mass is 35.5. The predicted molar refractivity (Wildman–Crippen MR) is 116 cm³/mol. The molecule has 4 N–H and O–H groups in total. The number of anilines is 1. The standard InChI is InChI=1S/C22H21ClF3NO6S/c23-15-2-1-10(21(30)27-13-7-16(24)20(26)17(25)8-13)3-18(15)34(32,33)14-5-11-4-12(6-14)22(11,31)19(29)9-28/h1-3,7-8,11-12,14,19,28-29,31H,4-6,9H2,(H,27,30)/t11?,12?,14-,19?,22-. The molecular formula is C22H21ClF3NO6S. The zero-order valence-electron chi connectivity index (χ0n) is 17.5. The van der Waals surface area contributed by atoms with Crippen molar-refractivity contribution in [3.63, 3.8) is 0 Å². The Morgan fingerprint density at radius 2 is 1.71 bits per heavy atom. The van der Waals surface area contributed by atoms with Crippen LogP contribution in [-0.4, -0.2) is 53.2 Å². The van der Waals surface area contributed by atoms with Gasteiger partial charge in [-0.05, 0) is 49.3 Å². The van der Waals surface area contributed by atoms with Crippen LogP contribution >= 0.6 is 11.6 Å². The van der Waals surface area contributed by atoms with E-state index >= 15 is 0 Å². The fourth-order valence-electron chi connectivity index (χ4n) is 5.01. The lowest BCUT2D eigenvalue weighted by molar-refractivity contribution is -0.237. The summed E-state index contributed by atoms with van der Waals surface area (Å²) >= 11 is 6.13. The van der Waals surface area contributed by atoms with Crippen LogP contribution in [0.25, 0.3) is 0 Å². The van der Waals surface area contributed by atoms with E-state index in [2.05, 4.69) is 5.32 Å². The molecular weight excluding hydrogens is 499 g/mol. The van der Waals surface area contributed by atoms with Crippen LogP contribution in [0.1, 0.15) is 29.6 Å². The molecule has 34 heavy (non-hydrogen) atoms. The summed E-state index contributed by atoms with van der Waals surface area (Å²) in [4.78, 5) is 12.2. The molecule has 3 saturated carbocycles. The number of aliphatic hydroxyl groups is 3. The van der Waals surface area contributed by atoms with Crippen LogP contribution in [-0.2, 0) is 9.84 Å². The maximum atomic E-state index is 13.4. The molecule has 0 aromatic heterocycles. The molecule has 2 aromatic rings. The molecule has 0 spiro atoms. The van der Waals surface area contributed by atoms with Gasteiger partial charge in [-0.1, -0.05) is 11.6 Å². The number of aliphatic hydroxyl groups excluding tert-OH is 2. The first kappa shape index (κ1) is 24.9. The molecule has 1 amide bonds. The zero-order chi connectivity index (χ0) is 25.0. The number of nitrogens with one attached hydrogen (secondary N) is 1. The summed E-state index contributed by atoms with van der Waals surface area (Å²) in [7, 11) is -4.06. The maximum Gasteiger partial charge on any atom is 0.255 e. The zero-order valence-corrected chi connectivity index (χ0v) is 19.1. The number of rotatable bonds is 6. The summed E-state index contributed by atoms with van der Waals surface area (Å²) in [6.07, 6.45) is -0.794. The summed E-state index contributed by atoms with van der Waals surface area (Å²) in [5.41, 5.74) is -2.08. The first-order valence-corrected chi connectivity index (χ1v) is 12.3. The molecule has 2 bridgehead atoms. The molecule has 3 aliphatic rings. The smallest absolute Gasteiger partial charge is 0.255 e. The van der Waals surface area contributed by atoms with E-state index in [0.29, 0.717) is 18.6 Å². The quantitative estimate of drug-likeness (QED) is 0.435. The monoisotopic (exact) mass is 519 g/mol. The van der Waals surface area contributed by atoms with Crippen LogP contribution in [0.5, 0.6) is 0 Å². The Morgan fingerprint density at radius 1 is 1.12 bits per heavy atom. The minimum absolute atomic E-state index is 0.0350. The number of amides is 1. The van der Waals surface area contributed by atoms with Crippen LogP contribution in [0.15, 0.2) is 35.2 Å². The van der Waals surface area contributed by atoms with Crippen molar-refractivity contribution in [3.8, 4) is 0 Å². The molecule has 7 nitrogen and oxygen atoms in total. The largest absolute Gasteiger partial charge is 0.394 e. The molecule has 0 aliphatic heterocycles. The molecule has 0 radical (unpaired) electrons. The normalized spacial score (nSPS) is 27.1. The van der Waals surface area contributed by atoms with E-state index in [-0.39, 0.29) is 34.0 Å². The summed E-state index contributed by atoms with van der Waals surface area (Å²) in [5, 5.41) is 31.0. The third kappa shape index (κ3) is 3.99. The van der Waals surface area contributed by atoms with Gasteiger partial charge in [0.05, 0.1) is 27.4 Å². The molecule has 184 valence electrons. The number of hydrogen-bond acceptors (Lipinski definition) is 6. The van der Waals surface area contributed by atoms with Crippen LogP contribution in [0.2, 0.25) is 5.02 Å². The summed E-state index contributed by atoms with van der Waals surface area (Å²) in [6, 6.07) is 4.63. The Kier molecular flexibility index (Phi) is 6.45. The first-order chi connectivity index (χ1) is 15.9. The van der Waals surface area contributed by atoms with Gasteiger partial charge in [-0.15, -0.1) is 0 Å². The van der Waals surface area contributed by atoms with Crippen molar-refractivity contribution in [2.45, 2.75) is 41.1 Å². The minimum atomic E-state index is -4.06. The van der Waals surface area contributed by atoms with Crippen LogP contribution in [0, 0.1) is 29.3 Å². The molecule has 2 aromatic carbocycles. The summed E-state index contributed by atoms with van der Waals surface area (Å²) < 4.78 is 66.6. The van der Waals surface area contributed by atoms with Gasteiger partial charge in [0.25, 0.3) is 5.91 Å². The fourth-order valence-corrected chi connectivity index (χ4v) is 7.41. The molecule has 12 heteroatoms. The van der Waals surface area contributed by atoms with E-state index in [1.54, 1.807) is 0 Å². The number of fused-ring (bicyclic) bond motifs is 2. The number of carbonyl (C=O) groups is 1. The summed E-state index contributed by atoms with van der Waals surface area (Å²) in [5.74, 6) is -6.65. The minimum Gasteiger partial charge on any atom is -0.394 e. The van der Waals surface area contributed by atoms with Crippen molar-refractivity contribution in [1.82, 2.24) is 0 Å². The van der Waals surface area contributed by atoms with Crippen LogP contribution in [0.4, 0.5) is 18.9 Å². The second-order valence-electron chi connectivity index (χ2n) is 8.71. The van der Waals surface area contributed by atoms with Crippen molar-refractivity contribution < 1.29 is 41.7 Å². The van der Waals surface area contributed by atoms with Crippen molar-refractivity contribution in [1.29, 1.82) is 0 Å². The number of sulfone groups is 1. The highest BCUT2D eigenvalue weighted by Gasteiger charge is 2.63. The Hall–Kier alpha value is -2.18. The van der Waals surface area contributed by atoms with E-state index in [1.807, 2.05) is 0 Å². The van der Waals surface area contributed by atoms with Crippen molar-refractivity contribution in [3.05, 3.63) is 58.4 Å². The fraction of sp³-hybridized carbons (Fsp3) is 0.409. The van der Waals surface area contributed by atoms with Crippen molar-refractivity contribution in [2.24, 2.45) is 11.8 Å². The van der Waals surface area contributed by atoms with Gasteiger partial charge in [0, 0.05) is 23.4 Å². The van der Waals surface area contributed by atoms with Crippen LogP contribution < -0.4 is 5.32 Å². The number of benzene rings is 2. The van der Waals surface area contributed by atoms with Gasteiger partial charge in [0.15, 0.2) is 27.3 Å². The van der Waals surface area contributed by atoms with Gasteiger partial charge in [-0.2, -0.15) is 0 Å². The Labute approximate surface area is 198 Å². The van der Waals surface area contributed by atoms with Gasteiger partial charge < -0.3 is 20.6 Å². The molecule has 3 aliphatic carbocycles. The van der Waals surface area contributed by atoms with E-state index in [0.717, 1.165) is 6.07 Å². The first-order valence-electron chi connectivity index (χ1n) is 10.4. The number of hydrogen-bond donors (Lipinski definition) is 4. The van der Waals surface area contributed by atoms with Crippen molar-refractivity contribution >= 4 is 33.0 Å². The third-order valence-corrected chi connectivity index (χ3v) is 9.51. The van der Waals surface area contributed by atoms with E-state index in [9.17, 15) is 41.7 Å². The highest BCUT2D eigenvalue weighted by Crippen LogP contribution is 2.57. The highest BCUT2D eigenvalue weighted by molar-refractivity contribution is 7.92. The lowest BCUT2D eigenvalue weighted by Gasteiger charge is -2.59. The maximum absolute atomic E-state index is 13.4. The van der Waals surface area contributed by atoms with Crippen molar-refractivity contribution in [2.75, 3.05) is 11.9 Å². The van der Waals surface area contributed by atoms with Gasteiger partial charge in [0.2, 0.25) is 0 Å². The van der Waals surface area contributed by atoms with Crippen LogP contribution in [0.3, 0.4) is 0 Å². The van der Waals surface area contributed by atoms with E-state index in [1.165, 1.54) is 12.1 Å². The predicted octanol–water partition coefficient (Wildman–Crippen LogP) is 2.67. The second-order valence-corrected chi connectivity index (χ2v) is 11.3. The molecule has 0 saturated heterocycles. The molecule has 3 atom stereocenters. The Morgan fingerprint density at radius 3 is 2.26 bits per heavy atom.